The molecule has 0 aliphatic rings. The van der Waals surface area contributed by atoms with E-state index in [4.69, 9.17) is 0 Å². The number of nitrogens with one attached hydrogen (secondary N) is 1. The lowest BCUT2D eigenvalue weighted by Crippen LogP contribution is -2.34. The van der Waals surface area contributed by atoms with Gasteiger partial charge in [-0.05, 0) is 25.2 Å². The van der Waals surface area contributed by atoms with Gasteiger partial charge in [0.15, 0.2) is 0 Å². The summed E-state index contributed by atoms with van der Waals surface area (Å²) >= 11 is 0. The Morgan fingerprint density at radius 2 is 1.67 bits per heavy atom. The highest BCUT2D eigenvalue weighted by Crippen LogP contribution is 2.22. The Labute approximate surface area is 90.4 Å². The van der Waals surface area contributed by atoms with E-state index >= 15 is 0 Å². The summed E-state index contributed by atoms with van der Waals surface area (Å²) < 4.78 is 35.6. The zero-order valence-electron chi connectivity index (χ0n) is 10.0. The van der Waals surface area contributed by atoms with E-state index in [9.17, 15) is 13.2 Å². The molecule has 1 nitrogen and oxygen atoms in total. The second-order valence-electron chi connectivity index (χ2n) is 5.35. The molecule has 0 saturated heterocycles. The minimum atomic E-state index is -4.01. The van der Waals surface area contributed by atoms with E-state index in [0.717, 1.165) is 6.54 Å². The normalized spacial score (nSPS) is 15.4. The molecule has 15 heavy (non-hydrogen) atoms. The Hall–Kier alpha value is -0.250. The molecule has 1 N–H and O–H groups in total. The van der Waals surface area contributed by atoms with Gasteiger partial charge in [0, 0.05) is 19.0 Å². The zero-order valence-corrected chi connectivity index (χ0v) is 10.0. The molecule has 1 atom stereocenters. The van der Waals surface area contributed by atoms with Crippen LogP contribution < -0.4 is 5.32 Å². The lowest BCUT2D eigenvalue weighted by atomic mass is 9.96. The van der Waals surface area contributed by atoms with Gasteiger partial charge in [-0.3, -0.25) is 0 Å². The molecule has 0 aliphatic heterocycles. The number of hydrogen-bond donors (Lipinski definition) is 1. The van der Waals surface area contributed by atoms with Crippen LogP contribution in [0.2, 0.25) is 0 Å². The largest absolute Gasteiger partial charge is 0.389 e. The highest BCUT2D eigenvalue weighted by molar-refractivity contribution is 4.69. The molecule has 4 heteroatoms. The fourth-order valence-corrected chi connectivity index (χ4v) is 1.19. The van der Waals surface area contributed by atoms with E-state index in [1.807, 2.05) is 6.92 Å². The Kier molecular flexibility index (Phi) is 5.63. The van der Waals surface area contributed by atoms with Crippen molar-refractivity contribution in [3.63, 3.8) is 0 Å². The van der Waals surface area contributed by atoms with Crippen molar-refractivity contribution in [2.45, 2.75) is 59.2 Å². The lowest BCUT2D eigenvalue weighted by Gasteiger charge is -2.22. The third-order valence-electron chi connectivity index (χ3n) is 2.08. The summed E-state index contributed by atoms with van der Waals surface area (Å²) in [6.45, 7) is 9.07. The van der Waals surface area contributed by atoms with Gasteiger partial charge in [0.05, 0.1) is 0 Å². The highest BCUT2D eigenvalue weighted by atomic mass is 19.4. The number of alkyl halides is 3. The van der Waals surface area contributed by atoms with Gasteiger partial charge in [0.1, 0.15) is 0 Å². The second-order valence-corrected chi connectivity index (χ2v) is 5.35. The summed E-state index contributed by atoms with van der Waals surface area (Å²) in [4.78, 5) is 0. The van der Waals surface area contributed by atoms with Gasteiger partial charge in [-0.15, -0.1) is 0 Å². The summed E-state index contributed by atoms with van der Waals surface area (Å²) in [6, 6.07) is 0.159. The molecule has 0 aromatic carbocycles. The summed E-state index contributed by atoms with van der Waals surface area (Å²) in [5.41, 5.74) is 0.179. The molecule has 92 valence electrons. The third-order valence-corrected chi connectivity index (χ3v) is 2.08. The molecule has 0 rings (SSSR count). The lowest BCUT2D eigenvalue weighted by molar-refractivity contribution is -0.135. The molecule has 0 aromatic heterocycles. The minimum Gasteiger partial charge on any atom is -0.314 e. The van der Waals surface area contributed by atoms with E-state index in [1.54, 1.807) is 0 Å². The van der Waals surface area contributed by atoms with Gasteiger partial charge in [0.2, 0.25) is 0 Å². The van der Waals surface area contributed by atoms with Crippen molar-refractivity contribution in [1.29, 1.82) is 0 Å². The minimum absolute atomic E-state index is 0.159. The molecule has 0 radical (unpaired) electrons. The quantitative estimate of drug-likeness (QED) is 0.751. The van der Waals surface area contributed by atoms with Crippen LogP contribution in [0.25, 0.3) is 0 Å². The van der Waals surface area contributed by atoms with Crippen molar-refractivity contribution in [1.82, 2.24) is 5.32 Å². The van der Waals surface area contributed by atoms with Crippen LogP contribution in [0.4, 0.5) is 13.2 Å². The number of halogens is 3. The zero-order chi connectivity index (χ0) is 12.1. The average Bonchev–Trinajstić information content (AvgIpc) is 1.97. The van der Waals surface area contributed by atoms with Crippen molar-refractivity contribution in [2.75, 3.05) is 6.54 Å². The first kappa shape index (κ1) is 14.8. The van der Waals surface area contributed by atoms with E-state index in [0.29, 0.717) is 6.42 Å². The van der Waals surface area contributed by atoms with Crippen LogP contribution in [0.1, 0.15) is 47.0 Å². The Morgan fingerprint density at radius 3 is 2.07 bits per heavy atom. The molecular weight excluding hydrogens is 203 g/mol. The first-order chi connectivity index (χ1) is 6.60. The van der Waals surface area contributed by atoms with Crippen LogP contribution in [0.15, 0.2) is 0 Å². The van der Waals surface area contributed by atoms with Crippen LogP contribution in [0.5, 0.6) is 0 Å². The Balaban J connectivity index is 3.54. The molecule has 0 fully saturated rings. The summed E-state index contributed by atoms with van der Waals surface area (Å²) in [6.07, 6.45) is -3.89. The van der Waals surface area contributed by atoms with E-state index < -0.39 is 12.6 Å². The fourth-order valence-electron chi connectivity index (χ4n) is 1.19. The summed E-state index contributed by atoms with van der Waals surface area (Å²) in [5.74, 6) is 0. The van der Waals surface area contributed by atoms with Crippen LogP contribution in [-0.2, 0) is 0 Å². The van der Waals surface area contributed by atoms with Crippen molar-refractivity contribution in [3.05, 3.63) is 0 Å². The standard InChI is InChI=1S/C11H22F3N/c1-9(15-8-10(2,3)4)6-5-7-11(12,13)14/h9,15H,5-8H2,1-4H3. The van der Waals surface area contributed by atoms with Gasteiger partial charge in [0.25, 0.3) is 0 Å². The maximum Gasteiger partial charge on any atom is 0.389 e. The van der Waals surface area contributed by atoms with E-state index in [1.165, 1.54) is 0 Å². The summed E-state index contributed by atoms with van der Waals surface area (Å²) in [7, 11) is 0. The number of hydrogen-bond acceptors (Lipinski definition) is 1. The molecule has 0 bridgehead atoms. The molecule has 0 spiro atoms. The van der Waals surface area contributed by atoms with Crippen molar-refractivity contribution < 1.29 is 13.2 Å². The fraction of sp³-hybridized carbons (Fsp3) is 1.00. The molecule has 0 aliphatic carbocycles. The molecule has 1 unspecified atom stereocenters. The third kappa shape index (κ3) is 11.7. The SMILES string of the molecule is CC(CCCC(F)(F)F)NCC(C)(C)C. The topological polar surface area (TPSA) is 12.0 Å². The van der Waals surface area contributed by atoms with Gasteiger partial charge in [-0.25, -0.2) is 0 Å². The maximum absolute atomic E-state index is 11.9. The smallest absolute Gasteiger partial charge is 0.314 e. The van der Waals surface area contributed by atoms with Gasteiger partial charge < -0.3 is 5.32 Å². The van der Waals surface area contributed by atoms with Crippen molar-refractivity contribution >= 4 is 0 Å². The first-order valence-electron chi connectivity index (χ1n) is 5.40. The van der Waals surface area contributed by atoms with Crippen LogP contribution in [0.3, 0.4) is 0 Å². The van der Waals surface area contributed by atoms with Gasteiger partial charge in [-0.1, -0.05) is 20.8 Å². The Bertz CT molecular complexity index is 170. The van der Waals surface area contributed by atoms with Crippen molar-refractivity contribution in [3.8, 4) is 0 Å². The van der Waals surface area contributed by atoms with E-state index in [-0.39, 0.29) is 17.9 Å². The first-order valence-corrected chi connectivity index (χ1v) is 5.40. The molecule has 0 aromatic rings. The Morgan fingerprint density at radius 1 is 1.13 bits per heavy atom. The van der Waals surface area contributed by atoms with Gasteiger partial charge >= 0.3 is 6.18 Å². The maximum atomic E-state index is 11.9. The average molecular weight is 225 g/mol. The molecular formula is C11H22F3N. The van der Waals surface area contributed by atoms with Crippen LogP contribution >= 0.6 is 0 Å². The van der Waals surface area contributed by atoms with Crippen LogP contribution in [-0.4, -0.2) is 18.8 Å². The molecule has 0 heterocycles. The predicted octanol–water partition coefficient (Wildman–Crippen LogP) is 3.74. The number of rotatable bonds is 5. The summed E-state index contributed by atoms with van der Waals surface area (Å²) in [5, 5.41) is 3.24. The van der Waals surface area contributed by atoms with Crippen molar-refractivity contribution in [2.24, 2.45) is 5.41 Å². The molecule has 0 saturated carbocycles. The highest BCUT2D eigenvalue weighted by Gasteiger charge is 2.26. The van der Waals surface area contributed by atoms with E-state index in [2.05, 4.69) is 26.1 Å². The van der Waals surface area contributed by atoms with Gasteiger partial charge in [-0.2, -0.15) is 13.2 Å². The van der Waals surface area contributed by atoms with Crippen LogP contribution in [0, 0.1) is 5.41 Å². The second kappa shape index (κ2) is 5.73. The molecule has 0 amide bonds. The predicted molar refractivity (Wildman–Crippen MR) is 56.8 cm³/mol. The monoisotopic (exact) mass is 225 g/mol.